The van der Waals surface area contributed by atoms with E-state index < -0.39 is 0 Å². The van der Waals surface area contributed by atoms with Gasteiger partial charge in [-0.15, -0.1) is 0 Å². The summed E-state index contributed by atoms with van der Waals surface area (Å²) in [5.41, 5.74) is 5.60. The molecular weight excluding hydrogens is 266 g/mol. The summed E-state index contributed by atoms with van der Waals surface area (Å²) in [6.07, 6.45) is 3.81. The van der Waals surface area contributed by atoms with Gasteiger partial charge in [0.2, 0.25) is 0 Å². The third kappa shape index (κ3) is 2.66. The largest absolute Gasteiger partial charge is 0.497 e. The third-order valence-corrected chi connectivity index (χ3v) is 3.34. The van der Waals surface area contributed by atoms with Crippen molar-refractivity contribution in [3.63, 3.8) is 0 Å². The molecule has 108 valence electrons. The van der Waals surface area contributed by atoms with Crippen molar-refractivity contribution in [1.29, 1.82) is 0 Å². The smallest absolute Gasteiger partial charge is 0.145 e. The zero-order valence-corrected chi connectivity index (χ0v) is 12.0. The molecule has 2 aromatic heterocycles. The Labute approximate surface area is 122 Å². The zero-order valence-electron chi connectivity index (χ0n) is 12.0. The summed E-state index contributed by atoms with van der Waals surface area (Å²) < 4.78 is 7.08. The van der Waals surface area contributed by atoms with Crippen LogP contribution in [0.4, 0.5) is 5.82 Å². The van der Waals surface area contributed by atoms with Crippen molar-refractivity contribution < 1.29 is 4.74 Å². The van der Waals surface area contributed by atoms with Crippen molar-refractivity contribution in [3.05, 3.63) is 47.8 Å². The summed E-state index contributed by atoms with van der Waals surface area (Å²) in [6, 6.07) is 7.85. The Kier molecular flexibility index (Phi) is 3.45. The van der Waals surface area contributed by atoms with Crippen LogP contribution in [0, 0.1) is 6.92 Å². The number of methoxy groups -OCH3 is 1. The van der Waals surface area contributed by atoms with Crippen LogP contribution >= 0.6 is 0 Å². The fraction of sp³-hybridized carbons (Fsp3) is 0.200. The highest BCUT2D eigenvalue weighted by Crippen LogP contribution is 2.24. The van der Waals surface area contributed by atoms with Crippen LogP contribution in [-0.2, 0) is 6.54 Å². The lowest BCUT2D eigenvalue weighted by molar-refractivity contribution is 0.415. The molecule has 3 rings (SSSR count). The van der Waals surface area contributed by atoms with E-state index in [0.717, 1.165) is 27.8 Å². The Balaban J connectivity index is 2.04. The minimum Gasteiger partial charge on any atom is -0.497 e. The minimum atomic E-state index is 0.613. The first-order valence-corrected chi connectivity index (χ1v) is 6.63. The van der Waals surface area contributed by atoms with E-state index >= 15 is 0 Å². The van der Waals surface area contributed by atoms with Gasteiger partial charge in [-0.3, -0.25) is 4.68 Å². The van der Waals surface area contributed by atoms with Crippen molar-refractivity contribution in [1.82, 2.24) is 14.8 Å². The van der Waals surface area contributed by atoms with Gasteiger partial charge in [-0.2, -0.15) is 5.10 Å². The first-order chi connectivity index (χ1) is 10.2. The van der Waals surface area contributed by atoms with Gasteiger partial charge in [0, 0.05) is 23.2 Å². The molecule has 0 atom stereocenters. The lowest BCUT2D eigenvalue weighted by Crippen LogP contribution is -2.13. The molecule has 0 radical (unpaired) electrons. The van der Waals surface area contributed by atoms with Crippen LogP contribution in [0.25, 0.3) is 10.9 Å². The molecule has 6 heteroatoms. The van der Waals surface area contributed by atoms with Crippen molar-refractivity contribution in [2.24, 2.45) is 5.84 Å². The van der Waals surface area contributed by atoms with Crippen molar-refractivity contribution >= 4 is 16.7 Å². The van der Waals surface area contributed by atoms with Gasteiger partial charge in [0.1, 0.15) is 11.6 Å². The van der Waals surface area contributed by atoms with Crippen molar-refractivity contribution in [3.8, 4) is 5.75 Å². The van der Waals surface area contributed by atoms with Gasteiger partial charge in [-0.05, 0) is 30.7 Å². The number of ether oxygens (including phenoxy) is 1. The number of nitrogens with zero attached hydrogens (tertiary/aromatic N) is 3. The van der Waals surface area contributed by atoms with Crippen molar-refractivity contribution in [2.75, 3.05) is 12.5 Å². The molecule has 6 nitrogen and oxygen atoms in total. The van der Waals surface area contributed by atoms with Gasteiger partial charge in [0.15, 0.2) is 0 Å². The van der Waals surface area contributed by atoms with Crippen LogP contribution < -0.4 is 16.0 Å². The minimum absolute atomic E-state index is 0.613. The Morgan fingerprint density at radius 2 is 2.19 bits per heavy atom. The standard InChI is InChI=1S/C15H17N5O/c1-10-7-17-20(8-10)9-12-5-11-3-4-13(21-2)6-14(11)18-15(12)19-16/h3-8H,9,16H2,1-2H3,(H,18,19). The Morgan fingerprint density at radius 3 is 2.86 bits per heavy atom. The van der Waals surface area contributed by atoms with E-state index in [1.807, 2.05) is 42.2 Å². The molecule has 0 saturated carbocycles. The number of hydrazine groups is 1. The van der Waals surface area contributed by atoms with Gasteiger partial charge < -0.3 is 10.2 Å². The normalized spacial score (nSPS) is 10.8. The summed E-state index contributed by atoms with van der Waals surface area (Å²) >= 11 is 0. The average Bonchev–Trinajstić information content (AvgIpc) is 2.91. The maximum absolute atomic E-state index is 5.60. The molecular formula is C15H17N5O. The topological polar surface area (TPSA) is 78.0 Å². The van der Waals surface area contributed by atoms with Crippen LogP contribution in [0.2, 0.25) is 0 Å². The molecule has 0 aliphatic carbocycles. The predicted octanol–water partition coefficient (Wildman–Crippen LogP) is 2.08. The van der Waals surface area contributed by atoms with E-state index in [4.69, 9.17) is 10.6 Å². The molecule has 0 bridgehead atoms. The number of nitrogens with two attached hydrogens (primary N) is 1. The molecule has 0 aliphatic heterocycles. The molecule has 2 heterocycles. The molecule has 3 aromatic rings. The van der Waals surface area contributed by atoms with Crippen LogP contribution in [0.1, 0.15) is 11.1 Å². The number of hydrogen-bond donors (Lipinski definition) is 2. The van der Waals surface area contributed by atoms with Crippen molar-refractivity contribution in [2.45, 2.75) is 13.5 Å². The number of anilines is 1. The molecule has 0 unspecified atom stereocenters. The molecule has 3 N–H and O–H groups in total. The highest BCUT2D eigenvalue weighted by molar-refractivity contribution is 5.83. The number of pyridine rings is 1. The quantitative estimate of drug-likeness (QED) is 0.566. The summed E-state index contributed by atoms with van der Waals surface area (Å²) in [7, 11) is 1.64. The fourth-order valence-electron chi connectivity index (χ4n) is 2.29. The Hall–Kier alpha value is -2.60. The van der Waals surface area contributed by atoms with Gasteiger partial charge >= 0.3 is 0 Å². The van der Waals surface area contributed by atoms with Crippen LogP contribution in [0.15, 0.2) is 36.7 Å². The second-order valence-corrected chi connectivity index (χ2v) is 4.91. The highest BCUT2D eigenvalue weighted by atomic mass is 16.5. The number of aryl methyl sites for hydroxylation is 1. The average molecular weight is 283 g/mol. The summed E-state index contributed by atoms with van der Waals surface area (Å²) in [5, 5.41) is 5.33. The van der Waals surface area contributed by atoms with E-state index in [2.05, 4.69) is 21.6 Å². The lowest BCUT2D eigenvalue weighted by Gasteiger charge is -2.11. The zero-order chi connectivity index (χ0) is 14.8. The van der Waals surface area contributed by atoms with E-state index in [9.17, 15) is 0 Å². The highest BCUT2D eigenvalue weighted by Gasteiger charge is 2.08. The molecule has 0 amide bonds. The van der Waals surface area contributed by atoms with Gasteiger partial charge in [-0.1, -0.05) is 0 Å². The Bertz CT molecular complexity index is 781. The molecule has 0 aliphatic rings. The van der Waals surface area contributed by atoms with E-state index in [1.54, 1.807) is 7.11 Å². The number of benzene rings is 1. The van der Waals surface area contributed by atoms with Crippen LogP contribution in [0.5, 0.6) is 5.75 Å². The number of nitrogens with one attached hydrogen (secondary N) is 1. The lowest BCUT2D eigenvalue weighted by atomic mass is 10.1. The number of nitrogen functional groups attached to an aromatic ring is 1. The van der Waals surface area contributed by atoms with Gasteiger partial charge in [0.25, 0.3) is 0 Å². The molecule has 0 spiro atoms. The molecule has 0 saturated heterocycles. The number of rotatable bonds is 4. The van der Waals surface area contributed by atoms with Crippen LogP contribution in [-0.4, -0.2) is 21.9 Å². The van der Waals surface area contributed by atoms with Crippen LogP contribution in [0.3, 0.4) is 0 Å². The van der Waals surface area contributed by atoms with E-state index in [-0.39, 0.29) is 0 Å². The second-order valence-electron chi connectivity index (χ2n) is 4.91. The first kappa shape index (κ1) is 13.4. The monoisotopic (exact) mass is 283 g/mol. The fourth-order valence-corrected chi connectivity index (χ4v) is 2.29. The number of hydrogen-bond acceptors (Lipinski definition) is 5. The third-order valence-electron chi connectivity index (χ3n) is 3.34. The van der Waals surface area contributed by atoms with Gasteiger partial charge in [-0.25, -0.2) is 10.8 Å². The summed E-state index contributed by atoms with van der Waals surface area (Å²) in [6.45, 7) is 2.62. The SMILES string of the molecule is COc1ccc2cc(Cn3cc(C)cn3)c(NN)nc2c1. The predicted molar refractivity (Wildman–Crippen MR) is 82.2 cm³/mol. The van der Waals surface area contributed by atoms with E-state index in [0.29, 0.717) is 12.4 Å². The maximum atomic E-state index is 5.60. The molecule has 21 heavy (non-hydrogen) atoms. The first-order valence-electron chi connectivity index (χ1n) is 6.63. The van der Waals surface area contributed by atoms with Gasteiger partial charge in [0.05, 0.1) is 25.4 Å². The number of fused-ring (bicyclic) bond motifs is 1. The summed E-state index contributed by atoms with van der Waals surface area (Å²) in [4.78, 5) is 4.55. The summed E-state index contributed by atoms with van der Waals surface area (Å²) in [5.74, 6) is 7.01. The van der Waals surface area contributed by atoms with E-state index in [1.165, 1.54) is 0 Å². The molecule has 1 aromatic carbocycles. The second kappa shape index (κ2) is 5.41. The number of aromatic nitrogens is 3. The Morgan fingerprint density at radius 1 is 1.33 bits per heavy atom. The maximum Gasteiger partial charge on any atom is 0.145 e. The molecule has 0 fully saturated rings.